The number of rotatable bonds is 8. The Balaban J connectivity index is 1.41. The van der Waals surface area contributed by atoms with Crippen molar-refractivity contribution < 1.29 is 14.3 Å². The molecule has 10 heteroatoms. The number of imidazole rings is 1. The maximum Gasteiger partial charge on any atom is 0.246 e. The summed E-state index contributed by atoms with van der Waals surface area (Å²) in [6.07, 6.45) is 2.47. The van der Waals surface area contributed by atoms with Crippen LogP contribution in [0.3, 0.4) is 0 Å². The zero-order valence-corrected chi connectivity index (χ0v) is 16.8. The van der Waals surface area contributed by atoms with Crippen LogP contribution < -0.4 is 16.0 Å². The van der Waals surface area contributed by atoms with Crippen LogP contribution in [-0.2, 0) is 14.3 Å². The van der Waals surface area contributed by atoms with Crippen molar-refractivity contribution in [1.82, 2.24) is 25.3 Å². The number of nitrogens with two attached hydrogens (primary N) is 1. The van der Waals surface area contributed by atoms with E-state index in [4.69, 9.17) is 20.2 Å². The Morgan fingerprint density at radius 1 is 1.33 bits per heavy atom. The van der Waals surface area contributed by atoms with Gasteiger partial charge in [0.15, 0.2) is 17.3 Å². The van der Waals surface area contributed by atoms with Crippen molar-refractivity contribution in [3.05, 3.63) is 30.5 Å². The van der Waals surface area contributed by atoms with E-state index in [1.807, 2.05) is 24.3 Å². The number of ether oxygens (including phenoxy) is 2. The fourth-order valence-corrected chi connectivity index (χ4v) is 3.44. The van der Waals surface area contributed by atoms with E-state index in [1.54, 1.807) is 13.3 Å². The minimum absolute atomic E-state index is 0.0255. The van der Waals surface area contributed by atoms with E-state index in [0.717, 1.165) is 24.0 Å². The highest BCUT2D eigenvalue weighted by Crippen LogP contribution is 2.26. The molecule has 1 aliphatic rings. The zero-order chi connectivity index (χ0) is 20.9. The number of para-hydroxylation sites is 2. The number of H-pyrrole nitrogens is 1. The first-order valence-corrected chi connectivity index (χ1v) is 9.82. The second kappa shape index (κ2) is 9.06. The van der Waals surface area contributed by atoms with Gasteiger partial charge in [-0.15, -0.1) is 0 Å². The van der Waals surface area contributed by atoms with Gasteiger partial charge >= 0.3 is 0 Å². The summed E-state index contributed by atoms with van der Waals surface area (Å²) in [5.41, 5.74) is 8.34. The monoisotopic (exact) mass is 411 g/mol. The Morgan fingerprint density at radius 3 is 3.03 bits per heavy atom. The lowest BCUT2D eigenvalue weighted by Crippen LogP contribution is -2.39. The first kappa shape index (κ1) is 20.0. The average molecular weight is 411 g/mol. The molecule has 1 fully saturated rings. The molecule has 4 N–H and O–H groups in total. The Kier molecular flexibility index (Phi) is 6.05. The number of benzene rings is 1. The number of hydrogen-bond acceptors (Lipinski definition) is 8. The highest BCUT2D eigenvalue weighted by atomic mass is 16.5. The number of anilines is 2. The number of nitrogen functional groups attached to an aromatic ring is 1. The molecule has 0 spiro atoms. The molecule has 3 aromatic rings. The van der Waals surface area contributed by atoms with Crippen LogP contribution in [0.25, 0.3) is 22.6 Å². The van der Waals surface area contributed by atoms with E-state index in [1.165, 1.54) is 0 Å². The Morgan fingerprint density at radius 2 is 2.20 bits per heavy atom. The third-order valence-corrected chi connectivity index (χ3v) is 4.94. The van der Waals surface area contributed by atoms with E-state index < -0.39 is 0 Å². The lowest BCUT2D eigenvalue weighted by Gasteiger charge is -2.18. The zero-order valence-electron chi connectivity index (χ0n) is 16.8. The summed E-state index contributed by atoms with van der Waals surface area (Å²) in [6, 6.07) is 7.77. The van der Waals surface area contributed by atoms with E-state index in [-0.39, 0.29) is 18.6 Å². The minimum atomic E-state index is -0.135. The summed E-state index contributed by atoms with van der Waals surface area (Å²) >= 11 is 0. The van der Waals surface area contributed by atoms with E-state index >= 15 is 0 Å². The highest BCUT2D eigenvalue weighted by molar-refractivity contribution is 5.80. The van der Waals surface area contributed by atoms with Gasteiger partial charge in [-0.3, -0.25) is 4.79 Å². The van der Waals surface area contributed by atoms with Crippen molar-refractivity contribution >= 4 is 28.6 Å². The van der Waals surface area contributed by atoms with Gasteiger partial charge in [0, 0.05) is 26.2 Å². The number of fused-ring (bicyclic) bond motifs is 1. The van der Waals surface area contributed by atoms with Crippen LogP contribution in [0.5, 0.6) is 0 Å². The first-order valence-electron chi connectivity index (χ1n) is 9.82. The second-order valence-electron chi connectivity index (χ2n) is 7.11. The SMILES string of the molecule is COCCOCC(=O)NC1CCN(c2cnc(N)c(-c3nc4ccccc4[nH]3)n2)C1. The van der Waals surface area contributed by atoms with Crippen molar-refractivity contribution in [2.24, 2.45) is 0 Å². The molecule has 1 atom stereocenters. The molecule has 1 aliphatic heterocycles. The largest absolute Gasteiger partial charge is 0.382 e. The number of nitrogens with one attached hydrogen (secondary N) is 2. The second-order valence-corrected chi connectivity index (χ2v) is 7.11. The van der Waals surface area contributed by atoms with Gasteiger partial charge in [0.1, 0.15) is 12.4 Å². The average Bonchev–Trinajstić information content (AvgIpc) is 3.38. The van der Waals surface area contributed by atoms with E-state index in [9.17, 15) is 4.79 Å². The molecule has 2 aromatic heterocycles. The molecule has 3 heterocycles. The Bertz CT molecular complexity index is 990. The van der Waals surface area contributed by atoms with E-state index in [0.29, 0.717) is 42.9 Å². The normalized spacial score (nSPS) is 16.3. The van der Waals surface area contributed by atoms with Crippen LogP contribution in [0.2, 0.25) is 0 Å². The van der Waals surface area contributed by atoms with Gasteiger partial charge in [0.05, 0.1) is 30.4 Å². The molecule has 0 saturated carbocycles. The molecule has 158 valence electrons. The van der Waals surface area contributed by atoms with Crippen molar-refractivity contribution in [2.45, 2.75) is 12.5 Å². The summed E-state index contributed by atoms with van der Waals surface area (Å²) in [6.45, 7) is 2.29. The fraction of sp³-hybridized carbons (Fsp3) is 0.400. The lowest BCUT2D eigenvalue weighted by molar-refractivity contribution is -0.126. The third-order valence-electron chi connectivity index (χ3n) is 4.94. The third kappa shape index (κ3) is 4.50. The van der Waals surface area contributed by atoms with Gasteiger partial charge in [0.2, 0.25) is 5.91 Å². The van der Waals surface area contributed by atoms with Crippen LogP contribution in [0.1, 0.15) is 6.42 Å². The Hall–Kier alpha value is -3.24. The lowest BCUT2D eigenvalue weighted by atomic mass is 10.2. The van der Waals surface area contributed by atoms with Gasteiger partial charge in [-0.1, -0.05) is 12.1 Å². The predicted octanol–water partition coefficient (Wildman–Crippen LogP) is 0.960. The van der Waals surface area contributed by atoms with Gasteiger partial charge in [-0.2, -0.15) is 0 Å². The van der Waals surface area contributed by atoms with Crippen LogP contribution in [0, 0.1) is 0 Å². The van der Waals surface area contributed by atoms with Gasteiger partial charge in [-0.25, -0.2) is 15.0 Å². The molecule has 0 aliphatic carbocycles. The van der Waals surface area contributed by atoms with Crippen LogP contribution >= 0.6 is 0 Å². The number of hydrogen-bond donors (Lipinski definition) is 3. The number of carbonyl (C=O) groups excluding carboxylic acids is 1. The first-order chi connectivity index (χ1) is 14.6. The molecule has 0 radical (unpaired) electrons. The standard InChI is InChI=1S/C20H25N7O3/c1-29-8-9-30-12-17(28)23-13-6-7-27(11-13)16-10-22-19(21)18(26-16)20-24-14-4-2-3-5-15(14)25-20/h2-5,10,13H,6-9,11-12H2,1H3,(H2,21,22)(H,23,28)(H,24,25). The molecule has 0 bridgehead atoms. The minimum Gasteiger partial charge on any atom is -0.382 e. The van der Waals surface area contributed by atoms with Crippen LogP contribution in [-0.4, -0.2) is 71.9 Å². The molecule has 4 rings (SSSR count). The molecule has 1 amide bonds. The van der Waals surface area contributed by atoms with E-state index in [2.05, 4.69) is 25.2 Å². The number of aromatic amines is 1. The van der Waals surface area contributed by atoms with Crippen molar-refractivity contribution in [1.29, 1.82) is 0 Å². The maximum atomic E-state index is 12.0. The smallest absolute Gasteiger partial charge is 0.246 e. The summed E-state index contributed by atoms with van der Waals surface area (Å²) in [5.74, 6) is 1.47. The van der Waals surface area contributed by atoms with Gasteiger partial charge in [0.25, 0.3) is 0 Å². The number of methoxy groups -OCH3 is 1. The summed E-state index contributed by atoms with van der Waals surface area (Å²) in [5, 5.41) is 2.99. The molecule has 30 heavy (non-hydrogen) atoms. The molecule has 1 unspecified atom stereocenters. The molecular weight excluding hydrogens is 386 g/mol. The highest BCUT2D eigenvalue weighted by Gasteiger charge is 2.26. The predicted molar refractivity (Wildman–Crippen MR) is 113 cm³/mol. The van der Waals surface area contributed by atoms with Crippen LogP contribution in [0.4, 0.5) is 11.6 Å². The quantitative estimate of drug-likeness (QED) is 0.467. The molecule has 1 aromatic carbocycles. The van der Waals surface area contributed by atoms with Crippen molar-refractivity contribution in [2.75, 3.05) is 50.7 Å². The summed E-state index contributed by atoms with van der Waals surface area (Å²) in [4.78, 5) is 30.9. The summed E-state index contributed by atoms with van der Waals surface area (Å²) in [7, 11) is 1.59. The van der Waals surface area contributed by atoms with Crippen LogP contribution in [0.15, 0.2) is 30.5 Å². The summed E-state index contributed by atoms with van der Waals surface area (Å²) < 4.78 is 10.2. The van der Waals surface area contributed by atoms with Crippen molar-refractivity contribution in [3.63, 3.8) is 0 Å². The number of carbonyl (C=O) groups is 1. The molecular formula is C20H25N7O3. The topological polar surface area (TPSA) is 131 Å². The van der Waals surface area contributed by atoms with Crippen molar-refractivity contribution in [3.8, 4) is 11.5 Å². The van der Waals surface area contributed by atoms with Gasteiger partial charge in [-0.05, 0) is 18.6 Å². The number of aromatic nitrogens is 4. The van der Waals surface area contributed by atoms with Gasteiger partial charge < -0.3 is 30.4 Å². The maximum absolute atomic E-state index is 12.0. The molecule has 10 nitrogen and oxygen atoms in total. The Labute approximate surface area is 173 Å². The number of nitrogens with zero attached hydrogens (tertiary/aromatic N) is 4. The number of amides is 1. The fourth-order valence-electron chi connectivity index (χ4n) is 3.44. The molecule has 1 saturated heterocycles.